The van der Waals surface area contributed by atoms with Crippen LogP contribution >= 0.6 is 0 Å². The van der Waals surface area contributed by atoms with Gasteiger partial charge in [-0.05, 0) is 23.3 Å². The van der Waals surface area contributed by atoms with Crippen LogP contribution in [0.2, 0.25) is 0 Å². The van der Waals surface area contributed by atoms with Crippen molar-refractivity contribution >= 4 is 5.69 Å². The first kappa shape index (κ1) is 13.2. The molecule has 0 heterocycles. The molecule has 0 saturated heterocycles. The quantitative estimate of drug-likeness (QED) is 0.616. The third-order valence-electron chi connectivity index (χ3n) is 3.37. The Morgan fingerprint density at radius 2 is 1.37 bits per heavy atom. The highest BCUT2D eigenvalue weighted by atomic mass is 19.1. The lowest BCUT2D eigenvalue weighted by atomic mass is 9.78. The maximum Gasteiger partial charge on any atom is 0.269 e. The van der Waals surface area contributed by atoms with Crippen molar-refractivity contribution in [3.8, 4) is 0 Å². The number of rotatable bonds is 3. The summed E-state index contributed by atoms with van der Waals surface area (Å²) in [5.41, 5.74) is 1.65. The van der Waals surface area contributed by atoms with Crippen molar-refractivity contribution in [2.45, 2.75) is 19.3 Å². The summed E-state index contributed by atoms with van der Waals surface area (Å²) in [6.45, 7) is 4.00. The minimum atomic E-state index is -0.422. The standard InChI is InChI=1S/C15H14FNO2/c1-15(2,11-3-7-13(16)8-4-11)12-5-9-14(10-6-12)17(18)19/h3-10H,1-2H3. The van der Waals surface area contributed by atoms with Crippen LogP contribution in [0, 0.1) is 15.9 Å². The number of nitro benzene ring substituents is 1. The van der Waals surface area contributed by atoms with Crippen molar-refractivity contribution in [3.63, 3.8) is 0 Å². The molecule has 2 rings (SSSR count). The first-order chi connectivity index (χ1) is 8.91. The Labute approximate surface area is 110 Å². The first-order valence-electron chi connectivity index (χ1n) is 5.92. The summed E-state index contributed by atoms with van der Waals surface area (Å²) in [5.74, 6) is -0.275. The Morgan fingerprint density at radius 3 is 1.79 bits per heavy atom. The molecule has 0 amide bonds. The van der Waals surface area contributed by atoms with E-state index < -0.39 is 4.92 Å². The fourth-order valence-corrected chi connectivity index (χ4v) is 2.03. The molecule has 2 aromatic carbocycles. The zero-order valence-corrected chi connectivity index (χ0v) is 10.8. The summed E-state index contributed by atoms with van der Waals surface area (Å²) < 4.78 is 12.9. The lowest BCUT2D eigenvalue weighted by Crippen LogP contribution is -2.18. The summed E-state index contributed by atoms with van der Waals surface area (Å²) in [5, 5.41) is 10.6. The predicted molar refractivity (Wildman–Crippen MR) is 71.6 cm³/mol. The maximum absolute atomic E-state index is 12.9. The molecule has 2 aromatic rings. The van der Waals surface area contributed by atoms with Crippen molar-refractivity contribution in [3.05, 3.63) is 75.6 Å². The monoisotopic (exact) mass is 259 g/mol. The van der Waals surface area contributed by atoms with Gasteiger partial charge in [0.15, 0.2) is 0 Å². The van der Waals surface area contributed by atoms with E-state index in [1.54, 1.807) is 24.3 Å². The molecule has 0 aromatic heterocycles. The lowest BCUT2D eigenvalue weighted by molar-refractivity contribution is -0.384. The van der Waals surface area contributed by atoms with Crippen molar-refractivity contribution in [1.82, 2.24) is 0 Å². The van der Waals surface area contributed by atoms with Gasteiger partial charge in [0.1, 0.15) is 5.82 Å². The molecule has 0 saturated carbocycles. The van der Waals surface area contributed by atoms with Gasteiger partial charge in [-0.15, -0.1) is 0 Å². The Hall–Kier alpha value is -2.23. The van der Waals surface area contributed by atoms with E-state index in [1.165, 1.54) is 24.3 Å². The first-order valence-corrected chi connectivity index (χ1v) is 5.92. The molecule has 0 aliphatic rings. The predicted octanol–water partition coefficient (Wildman–Crippen LogP) is 4.06. The summed E-state index contributed by atoms with van der Waals surface area (Å²) in [6.07, 6.45) is 0. The van der Waals surface area contributed by atoms with E-state index in [4.69, 9.17) is 0 Å². The minimum absolute atomic E-state index is 0.0682. The number of hydrogen-bond donors (Lipinski definition) is 0. The number of non-ortho nitro benzene ring substituents is 1. The van der Waals surface area contributed by atoms with Crippen molar-refractivity contribution in [1.29, 1.82) is 0 Å². The fraction of sp³-hybridized carbons (Fsp3) is 0.200. The van der Waals surface area contributed by atoms with E-state index in [2.05, 4.69) is 0 Å². The van der Waals surface area contributed by atoms with Crippen LogP contribution in [-0.2, 0) is 5.41 Å². The molecule has 0 bridgehead atoms. The van der Waals surface area contributed by atoms with Crippen molar-refractivity contribution in [2.24, 2.45) is 0 Å². The second-order valence-corrected chi connectivity index (χ2v) is 4.94. The second kappa shape index (κ2) is 4.80. The Bertz CT molecular complexity index is 589. The van der Waals surface area contributed by atoms with Gasteiger partial charge in [-0.1, -0.05) is 38.1 Å². The number of nitrogens with zero attached hydrogens (tertiary/aromatic N) is 1. The minimum Gasteiger partial charge on any atom is -0.258 e. The highest BCUT2D eigenvalue weighted by Crippen LogP contribution is 2.32. The molecule has 3 nitrogen and oxygen atoms in total. The van der Waals surface area contributed by atoms with Crippen LogP contribution < -0.4 is 0 Å². The molecule has 4 heteroatoms. The smallest absolute Gasteiger partial charge is 0.258 e. The SMILES string of the molecule is CC(C)(c1ccc(F)cc1)c1ccc([N+](=O)[O-])cc1. The van der Waals surface area contributed by atoms with Crippen LogP contribution in [0.25, 0.3) is 0 Å². The van der Waals surface area contributed by atoms with Gasteiger partial charge < -0.3 is 0 Å². The summed E-state index contributed by atoms with van der Waals surface area (Å²) >= 11 is 0. The Balaban J connectivity index is 2.38. The third kappa shape index (κ3) is 2.62. The molecule has 0 aliphatic carbocycles. The largest absolute Gasteiger partial charge is 0.269 e. The van der Waals surface area contributed by atoms with E-state index >= 15 is 0 Å². The van der Waals surface area contributed by atoms with Gasteiger partial charge >= 0.3 is 0 Å². The van der Waals surface area contributed by atoms with Crippen LogP contribution in [0.5, 0.6) is 0 Å². The highest BCUT2D eigenvalue weighted by molar-refractivity contribution is 5.41. The van der Waals surface area contributed by atoms with Crippen LogP contribution in [0.4, 0.5) is 10.1 Å². The normalized spacial score (nSPS) is 11.3. The highest BCUT2D eigenvalue weighted by Gasteiger charge is 2.23. The molecule has 0 spiro atoms. The van der Waals surface area contributed by atoms with Gasteiger partial charge in [0.05, 0.1) is 4.92 Å². The van der Waals surface area contributed by atoms with E-state index in [-0.39, 0.29) is 16.9 Å². The van der Waals surface area contributed by atoms with Crippen LogP contribution in [-0.4, -0.2) is 4.92 Å². The summed E-state index contributed by atoms with van der Waals surface area (Å²) in [7, 11) is 0. The molecule has 0 radical (unpaired) electrons. The van der Waals surface area contributed by atoms with Gasteiger partial charge in [-0.25, -0.2) is 4.39 Å². The van der Waals surface area contributed by atoms with Gasteiger partial charge in [-0.3, -0.25) is 10.1 Å². The molecule has 0 fully saturated rings. The van der Waals surface area contributed by atoms with Crippen LogP contribution in [0.15, 0.2) is 48.5 Å². The number of hydrogen-bond acceptors (Lipinski definition) is 2. The van der Waals surface area contributed by atoms with Crippen LogP contribution in [0.1, 0.15) is 25.0 Å². The number of benzene rings is 2. The van der Waals surface area contributed by atoms with Gasteiger partial charge in [0.2, 0.25) is 0 Å². The van der Waals surface area contributed by atoms with E-state index in [0.717, 1.165) is 11.1 Å². The van der Waals surface area contributed by atoms with Crippen molar-refractivity contribution < 1.29 is 9.31 Å². The summed E-state index contributed by atoms with van der Waals surface area (Å²) in [6, 6.07) is 12.8. The summed E-state index contributed by atoms with van der Waals surface area (Å²) in [4.78, 5) is 10.2. The topological polar surface area (TPSA) is 43.1 Å². The van der Waals surface area contributed by atoms with Crippen molar-refractivity contribution in [2.75, 3.05) is 0 Å². The number of halogens is 1. The molecule has 0 unspecified atom stereocenters. The van der Waals surface area contributed by atoms with E-state index in [9.17, 15) is 14.5 Å². The van der Waals surface area contributed by atoms with E-state index in [1.807, 2.05) is 13.8 Å². The third-order valence-corrected chi connectivity index (χ3v) is 3.37. The Kier molecular flexibility index (Phi) is 3.34. The molecule has 0 N–H and O–H groups in total. The zero-order chi connectivity index (χ0) is 14.0. The molecule has 0 atom stereocenters. The number of nitro groups is 1. The molecule has 0 aliphatic heterocycles. The second-order valence-electron chi connectivity index (χ2n) is 4.94. The lowest BCUT2D eigenvalue weighted by Gasteiger charge is -2.26. The average molecular weight is 259 g/mol. The molecular weight excluding hydrogens is 245 g/mol. The van der Waals surface area contributed by atoms with Gasteiger partial charge in [0, 0.05) is 17.5 Å². The van der Waals surface area contributed by atoms with Gasteiger partial charge in [0.25, 0.3) is 5.69 Å². The fourth-order valence-electron chi connectivity index (χ4n) is 2.03. The van der Waals surface area contributed by atoms with Crippen LogP contribution in [0.3, 0.4) is 0 Å². The Morgan fingerprint density at radius 1 is 0.947 bits per heavy atom. The molecule has 19 heavy (non-hydrogen) atoms. The molecular formula is C15H14FNO2. The molecule has 98 valence electrons. The zero-order valence-electron chi connectivity index (χ0n) is 10.8. The maximum atomic E-state index is 12.9. The average Bonchev–Trinajstić information content (AvgIpc) is 2.39. The van der Waals surface area contributed by atoms with E-state index in [0.29, 0.717) is 0 Å². The van der Waals surface area contributed by atoms with Gasteiger partial charge in [-0.2, -0.15) is 0 Å².